The van der Waals surface area contributed by atoms with Crippen LogP contribution in [0.2, 0.25) is 5.02 Å². The second-order valence-corrected chi connectivity index (χ2v) is 7.77. The molecule has 1 fully saturated rings. The van der Waals surface area contributed by atoms with Crippen LogP contribution in [0.15, 0.2) is 48.5 Å². The molecule has 2 aromatic rings. The number of esters is 1. The average molecular weight is 465 g/mol. The Hall–Kier alpha value is -2.97. The van der Waals surface area contributed by atoms with Crippen LogP contribution >= 0.6 is 23.2 Å². The van der Waals surface area contributed by atoms with E-state index < -0.39 is 28.7 Å². The van der Waals surface area contributed by atoms with Crippen LogP contribution in [0.25, 0.3) is 0 Å². The quantitative estimate of drug-likeness (QED) is 0.192. The maximum atomic E-state index is 12.7. The van der Waals surface area contributed by atoms with Crippen molar-refractivity contribution in [3.8, 4) is 0 Å². The molecule has 0 aromatic heterocycles. The van der Waals surface area contributed by atoms with Crippen molar-refractivity contribution < 1.29 is 24.0 Å². The van der Waals surface area contributed by atoms with E-state index in [1.54, 1.807) is 18.2 Å². The predicted octanol–water partition coefficient (Wildman–Crippen LogP) is 4.02. The number of amides is 1. The average Bonchev–Trinajstić information content (AvgIpc) is 3.15. The minimum atomic E-state index is -1.09. The third-order valence-corrected chi connectivity index (χ3v) is 5.33. The van der Waals surface area contributed by atoms with E-state index in [1.807, 2.05) is 0 Å². The van der Waals surface area contributed by atoms with E-state index in [2.05, 4.69) is 0 Å². The van der Waals surface area contributed by atoms with Gasteiger partial charge in [0.15, 0.2) is 6.10 Å². The number of carbonyl (C=O) groups is 3. The molecule has 0 radical (unpaired) electrons. The number of ketones is 1. The second kappa shape index (κ2) is 9.89. The first-order chi connectivity index (χ1) is 14.8. The van der Waals surface area contributed by atoms with E-state index in [0.717, 1.165) is 0 Å². The van der Waals surface area contributed by atoms with Crippen LogP contribution in [0.1, 0.15) is 23.2 Å². The highest BCUT2D eigenvalue weighted by Gasteiger charge is 2.38. The van der Waals surface area contributed by atoms with Crippen molar-refractivity contribution in [1.82, 2.24) is 0 Å². The molecule has 1 saturated heterocycles. The first-order valence-electron chi connectivity index (χ1n) is 9.41. The van der Waals surface area contributed by atoms with Crippen molar-refractivity contribution in [3.05, 3.63) is 69.2 Å². The van der Waals surface area contributed by atoms with Gasteiger partial charge >= 0.3 is 5.97 Å². The molecule has 0 bridgehead atoms. The van der Waals surface area contributed by atoms with Crippen LogP contribution < -0.4 is 4.90 Å². The minimum absolute atomic E-state index is 0.00155. The summed E-state index contributed by atoms with van der Waals surface area (Å²) in [5, 5.41) is 11.4. The summed E-state index contributed by atoms with van der Waals surface area (Å²) in [5.41, 5.74) is 0.490. The summed E-state index contributed by atoms with van der Waals surface area (Å²) < 4.78 is 5.42. The molecule has 3 rings (SSSR count). The molecule has 1 heterocycles. The molecule has 2 aromatic carbocycles. The molecule has 1 aliphatic heterocycles. The molecule has 162 valence electrons. The number of alkyl halides is 1. The largest absolute Gasteiger partial charge is 0.454 e. The van der Waals surface area contributed by atoms with E-state index in [1.165, 1.54) is 35.2 Å². The Bertz CT molecular complexity index is 1010. The Morgan fingerprint density at radius 3 is 2.58 bits per heavy atom. The lowest BCUT2D eigenvalue weighted by atomic mass is 10.0. The Labute approximate surface area is 187 Å². The fourth-order valence-electron chi connectivity index (χ4n) is 3.27. The number of ether oxygens (including phenoxy) is 1. The Balaban J connectivity index is 1.71. The van der Waals surface area contributed by atoms with Crippen LogP contribution in [0.3, 0.4) is 0 Å². The zero-order valence-electron chi connectivity index (χ0n) is 16.2. The van der Waals surface area contributed by atoms with Crippen molar-refractivity contribution in [3.63, 3.8) is 0 Å². The molecule has 0 saturated carbocycles. The van der Waals surface area contributed by atoms with Crippen molar-refractivity contribution in [2.75, 3.05) is 17.3 Å². The molecule has 31 heavy (non-hydrogen) atoms. The highest BCUT2D eigenvalue weighted by atomic mass is 35.5. The van der Waals surface area contributed by atoms with Crippen molar-refractivity contribution in [2.45, 2.75) is 18.9 Å². The van der Waals surface area contributed by atoms with E-state index in [4.69, 9.17) is 27.9 Å². The van der Waals surface area contributed by atoms with Gasteiger partial charge in [0.25, 0.3) is 5.69 Å². The van der Waals surface area contributed by atoms with Crippen molar-refractivity contribution in [2.24, 2.45) is 5.92 Å². The molecular weight excluding hydrogens is 447 g/mol. The van der Waals surface area contributed by atoms with Crippen LogP contribution in [0.4, 0.5) is 11.4 Å². The molecule has 1 amide bonds. The summed E-state index contributed by atoms with van der Waals surface area (Å²) in [7, 11) is 0. The van der Waals surface area contributed by atoms with Gasteiger partial charge in [0.2, 0.25) is 11.7 Å². The summed E-state index contributed by atoms with van der Waals surface area (Å²) in [6, 6.07) is 11.8. The van der Waals surface area contributed by atoms with E-state index >= 15 is 0 Å². The standard InChI is InChI=1S/C21H18Cl2N2O6/c22-9-8-18(20(27)13-4-6-15(23)7-5-13)31-21(28)14-10-19(26)24(12-14)16-2-1-3-17(11-16)25(29)30/h1-7,11,14,18H,8-10,12H2/t14-,18+/m1/s1. The third-order valence-electron chi connectivity index (χ3n) is 4.86. The topological polar surface area (TPSA) is 107 Å². The van der Waals surface area contributed by atoms with Gasteiger partial charge in [-0.05, 0) is 30.3 Å². The Morgan fingerprint density at radius 2 is 1.94 bits per heavy atom. The molecule has 0 spiro atoms. The smallest absolute Gasteiger partial charge is 0.312 e. The lowest BCUT2D eigenvalue weighted by Gasteiger charge is -2.19. The van der Waals surface area contributed by atoms with E-state index in [-0.39, 0.29) is 36.9 Å². The van der Waals surface area contributed by atoms with Crippen LogP contribution in [-0.4, -0.2) is 41.1 Å². The number of nitrogens with zero attached hydrogens (tertiary/aromatic N) is 2. The number of carbonyl (C=O) groups excluding carboxylic acids is 3. The number of non-ortho nitro benzene ring substituents is 1. The highest BCUT2D eigenvalue weighted by Crippen LogP contribution is 2.29. The van der Waals surface area contributed by atoms with Crippen molar-refractivity contribution >= 4 is 52.2 Å². The Kier molecular flexibility index (Phi) is 7.25. The van der Waals surface area contributed by atoms with Gasteiger partial charge in [0.05, 0.1) is 16.5 Å². The monoisotopic (exact) mass is 464 g/mol. The first-order valence-corrected chi connectivity index (χ1v) is 10.3. The number of Topliss-reactive ketones (excluding diaryl/α,β-unsaturated/α-hetero) is 1. The highest BCUT2D eigenvalue weighted by molar-refractivity contribution is 6.30. The van der Waals surface area contributed by atoms with Gasteiger partial charge in [-0.15, -0.1) is 11.6 Å². The number of halogens is 2. The Morgan fingerprint density at radius 1 is 1.23 bits per heavy atom. The SMILES string of the molecule is O=C(O[C@@H](CCCl)C(=O)c1ccc(Cl)cc1)[C@@H]1CC(=O)N(c2cccc([N+](=O)[O-])c2)C1. The predicted molar refractivity (Wildman–Crippen MR) is 115 cm³/mol. The molecule has 0 unspecified atom stereocenters. The lowest BCUT2D eigenvalue weighted by molar-refractivity contribution is -0.384. The molecule has 2 atom stereocenters. The number of rotatable bonds is 8. The molecule has 10 heteroatoms. The normalized spacial score (nSPS) is 16.8. The van der Waals surface area contributed by atoms with Crippen LogP contribution in [0.5, 0.6) is 0 Å². The molecule has 0 aliphatic carbocycles. The number of benzene rings is 2. The summed E-state index contributed by atoms with van der Waals surface area (Å²) in [4.78, 5) is 49.6. The molecule has 0 N–H and O–H groups in total. The van der Waals surface area contributed by atoms with Crippen LogP contribution in [0, 0.1) is 16.0 Å². The lowest BCUT2D eigenvalue weighted by Crippen LogP contribution is -2.32. The molecule has 1 aliphatic rings. The van der Waals surface area contributed by atoms with Crippen LogP contribution in [-0.2, 0) is 14.3 Å². The molecular formula is C21H18Cl2N2O6. The number of nitro benzene ring substituents is 1. The summed E-state index contributed by atoms with van der Waals surface area (Å²) in [5.74, 6) is -2.17. The zero-order valence-corrected chi connectivity index (χ0v) is 17.7. The fourth-order valence-corrected chi connectivity index (χ4v) is 3.59. The summed E-state index contributed by atoms with van der Waals surface area (Å²) >= 11 is 11.6. The van der Waals surface area contributed by atoms with Gasteiger partial charge in [-0.1, -0.05) is 17.7 Å². The number of hydrogen-bond donors (Lipinski definition) is 0. The van der Waals surface area contributed by atoms with E-state index in [0.29, 0.717) is 16.3 Å². The fraction of sp³-hybridized carbons (Fsp3) is 0.286. The summed E-state index contributed by atoms with van der Waals surface area (Å²) in [6.45, 7) is 0.00155. The van der Waals surface area contributed by atoms with Gasteiger partial charge in [-0.2, -0.15) is 0 Å². The maximum absolute atomic E-state index is 12.7. The number of nitro groups is 1. The van der Waals surface area contributed by atoms with Gasteiger partial charge in [0, 0.05) is 48.0 Å². The van der Waals surface area contributed by atoms with Crippen molar-refractivity contribution in [1.29, 1.82) is 0 Å². The maximum Gasteiger partial charge on any atom is 0.312 e. The minimum Gasteiger partial charge on any atom is -0.454 e. The van der Waals surface area contributed by atoms with E-state index in [9.17, 15) is 24.5 Å². The molecule has 8 nitrogen and oxygen atoms in total. The third kappa shape index (κ3) is 5.39. The van der Waals surface area contributed by atoms with Gasteiger partial charge < -0.3 is 9.64 Å². The number of anilines is 1. The van der Waals surface area contributed by atoms with Gasteiger partial charge in [-0.25, -0.2) is 0 Å². The second-order valence-electron chi connectivity index (χ2n) is 6.96. The van der Waals surface area contributed by atoms with Gasteiger partial charge in [0.1, 0.15) is 0 Å². The zero-order chi connectivity index (χ0) is 22.5. The first kappa shape index (κ1) is 22.7. The van der Waals surface area contributed by atoms with Gasteiger partial charge in [-0.3, -0.25) is 24.5 Å². The number of hydrogen-bond acceptors (Lipinski definition) is 6. The summed E-state index contributed by atoms with van der Waals surface area (Å²) in [6.07, 6.45) is -1.10.